The van der Waals surface area contributed by atoms with E-state index in [2.05, 4.69) is 20.9 Å². The lowest BCUT2D eigenvalue weighted by Gasteiger charge is -2.36. The summed E-state index contributed by atoms with van der Waals surface area (Å²) in [5, 5.41) is 0. The third-order valence-electron chi connectivity index (χ3n) is 4.87. The minimum atomic E-state index is -0.547. The van der Waals surface area contributed by atoms with Gasteiger partial charge in [0, 0.05) is 31.7 Å². The molecular weight excluding hydrogens is 455 g/mol. The Hall–Kier alpha value is -2.42. The van der Waals surface area contributed by atoms with Crippen molar-refractivity contribution >= 4 is 27.9 Å². The van der Waals surface area contributed by atoms with E-state index in [-0.39, 0.29) is 17.8 Å². The van der Waals surface area contributed by atoms with E-state index >= 15 is 0 Å². The molecule has 2 aromatic rings. The first-order chi connectivity index (χ1) is 14.1. The number of rotatable bonds is 3. The van der Waals surface area contributed by atoms with Crippen molar-refractivity contribution in [2.75, 3.05) is 26.2 Å². The van der Waals surface area contributed by atoms with E-state index in [0.717, 1.165) is 5.56 Å². The van der Waals surface area contributed by atoms with E-state index < -0.39 is 11.6 Å². The maximum atomic E-state index is 13.2. The van der Waals surface area contributed by atoms with Crippen LogP contribution in [0.5, 0.6) is 0 Å². The van der Waals surface area contributed by atoms with Gasteiger partial charge >= 0.3 is 6.09 Å². The van der Waals surface area contributed by atoms with Crippen LogP contribution in [0, 0.1) is 5.82 Å². The Labute approximate surface area is 183 Å². The summed E-state index contributed by atoms with van der Waals surface area (Å²) in [6.07, 6.45) is 1.24. The van der Waals surface area contributed by atoms with Crippen molar-refractivity contribution in [2.45, 2.75) is 39.3 Å². The number of carbonyl (C=O) groups excluding carboxylic acids is 2. The topological polar surface area (TPSA) is 67.7 Å². The standard InChI is InChI=1S/C21H26BrFN4O3/c1-14(27-13-24-17(18(27)22)15-5-7-16(23)8-6-15)19(28)25-9-11-26(12-10-25)20(29)30-21(2,3)4/h5-8,13-14H,9-12H2,1-4H3. The monoisotopic (exact) mass is 480 g/mol. The molecule has 30 heavy (non-hydrogen) atoms. The zero-order chi connectivity index (χ0) is 22.1. The first-order valence-electron chi connectivity index (χ1n) is 9.82. The van der Waals surface area contributed by atoms with Gasteiger partial charge in [0.1, 0.15) is 27.8 Å². The number of halogens is 2. The summed E-state index contributed by atoms with van der Waals surface area (Å²) in [6, 6.07) is 5.57. The first-order valence-corrected chi connectivity index (χ1v) is 10.6. The molecule has 1 atom stereocenters. The third kappa shape index (κ3) is 5.00. The molecule has 0 saturated carbocycles. The molecule has 9 heteroatoms. The maximum Gasteiger partial charge on any atom is 0.410 e. The van der Waals surface area contributed by atoms with Crippen LogP contribution >= 0.6 is 15.9 Å². The van der Waals surface area contributed by atoms with Crippen molar-refractivity contribution in [1.29, 1.82) is 0 Å². The van der Waals surface area contributed by atoms with Crippen molar-refractivity contribution in [3.05, 3.63) is 41.0 Å². The molecule has 1 aromatic heterocycles. The summed E-state index contributed by atoms with van der Waals surface area (Å²) < 4.78 is 21.0. The third-order valence-corrected chi connectivity index (χ3v) is 5.65. The van der Waals surface area contributed by atoms with Gasteiger partial charge in [-0.3, -0.25) is 4.79 Å². The number of carbonyl (C=O) groups is 2. The number of hydrogen-bond acceptors (Lipinski definition) is 4. The van der Waals surface area contributed by atoms with Crippen molar-refractivity contribution < 1.29 is 18.7 Å². The Morgan fingerprint density at radius 1 is 1.10 bits per heavy atom. The summed E-state index contributed by atoms with van der Waals surface area (Å²) in [5.74, 6) is -0.369. The molecule has 162 valence electrons. The molecule has 1 unspecified atom stereocenters. The maximum absolute atomic E-state index is 13.2. The highest BCUT2D eigenvalue weighted by atomic mass is 79.9. The summed E-state index contributed by atoms with van der Waals surface area (Å²) in [5.41, 5.74) is 0.853. The Bertz CT molecular complexity index is 915. The number of ether oxygens (including phenoxy) is 1. The fourth-order valence-electron chi connectivity index (χ4n) is 3.24. The SMILES string of the molecule is CC(C(=O)N1CCN(C(=O)OC(C)(C)C)CC1)n1cnc(-c2ccc(F)cc2)c1Br. The highest BCUT2D eigenvalue weighted by molar-refractivity contribution is 9.10. The van der Waals surface area contributed by atoms with Crippen molar-refractivity contribution in [1.82, 2.24) is 19.4 Å². The molecule has 0 aliphatic carbocycles. The Morgan fingerprint density at radius 3 is 2.23 bits per heavy atom. The van der Waals surface area contributed by atoms with Crippen molar-refractivity contribution in [3.8, 4) is 11.3 Å². The van der Waals surface area contributed by atoms with Crippen LogP contribution in [0.15, 0.2) is 35.2 Å². The molecule has 1 aliphatic heterocycles. The molecule has 2 amide bonds. The normalized spacial score (nSPS) is 15.8. The zero-order valence-corrected chi connectivity index (χ0v) is 19.1. The van der Waals surface area contributed by atoms with Crippen LogP contribution in [0.25, 0.3) is 11.3 Å². The predicted octanol–water partition coefficient (Wildman–Crippen LogP) is 4.09. The quantitative estimate of drug-likeness (QED) is 0.663. The van der Waals surface area contributed by atoms with E-state index in [1.807, 2.05) is 27.7 Å². The lowest BCUT2D eigenvalue weighted by molar-refractivity contribution is -0.136. The first kappa shape index (κ1) is 22.3. The van der Waals surface area contributed by atoms with Gasteiger partial charge in [0.2, 0.25) is 5.91 Å². The minimum Gasteiger partial charge on any atom is -0.444 e. The Balaban J connectivity index is 1.64. The van der Waals surface area contributed by atoms with E-state index in [4.69, 9.17) is 4.74 Å². The van der Waals surface area contributed by atoms with Gasteiger partial charge in [-0.2, -0.15) is 0 Å². The fraction of sp³-hybridized carbons (Fsp3) is 0.476. The second kappa shape index (κ2) is 8.75. The highest BCUT2D eigenvalue weighted by Crippen LogP contribution is 2.30. The van der Waals surface area contributed by atoms with Gasteiger partial charge in [-0.1, -0.05) is 0 Å². The molecule has 1 saturated heterocycles. The van der Waals surface area contributed by atoms with Crippen LogP contribution in [0.4, 0.5) is 9.18 Å². The van der Waals surface area contributed by atoms with E-state index in [1.165, 1.54) is 12.1 Å². The average molecular weight is 481 g/mol. The van der Waals surface area contributed by atoms with E-state index in [0.29, 0.717) is 36.5 Å². The second-order valence-corrected chi connectivity index (χ2v) is 9.02. The van der Waals surface area contributed by atoms with Crippen molar-refractivity contribution in [2.24, 2.45) is 0 Å². The molecule has 7 nitrogen and oxygen atoms in total. The van der Waals surface area contributed by atoms with Crippen LogP contribution in [0.2, 0.25) is 0 Å². The molecule has 1 aliphatic rings. The van der Waals surface area contributed by atoms with Gasteiger partial charge in [-0.15, -0.1) is 0 Å². The number of piperazine rings is 1. The van der Waals surface area contributed by atoms with Crippen LogP contribution in [0.3, 0.4) is 0 Å². The number of benzene rings is 1. The summed E-state index contributed by atoms with van der Waals surface area (Å²) in [4.78, 5) is 33.0. The molecule has 1 fully saturated rings. The zero-order valence-electron chi connectivity index (χ0n) is 17.6. The van der Waals surface area contributed by atoms with Crippen LogP contribution in [0.1, 0.15) is 33.7 Å². The number of nitrogens with zero attached hydrogens (tertiary/aromatic N) is 4. The average Bonchev–Trinajstić information content (AvgIpc) is 3.07. The second-order valence-electron chi connectivity index (χ2n) is 8.27. The summed E-state index contributed by atoms with van der Waals surface area (Å²) in [6.45, 7) is 9.04. The molecule has 0 N–H and O–H groups in total. The molecule has 3 rings (SSSR count). The van der Waals surface area contributed by atoms with Crippen LogP contribution in [-0.2, 0) is 9.53 Å². The Kier molecular flexibility index (Phi) is 6.50. The van der Waals surface area contributed by atoms with E-state index in [1.54, 1.807) is 32.8 Å². The summed E-state index contributed by atoms with van der Waals surface area (Å²) >= 11 is 3.52. The lowest BCUT2D eigenvalue weighted by Crippen LogP contribution is -2.52. The molecule has 1 aromatic carbocycles. The number of aromatic nitrogens is 2. The fourth-order valence-corrected chi connectivity index (χ4v) is 3.97. The van der Waals surface area contributed by atoms with Gasteiger partial charge in [-0.05, 0) is 67.9 Å². The van der Waals surface area contributed by atoms with Crippen molar-refractivity contribution in [3.63, 3.8) is 0 Å². The highest BCUT2D eigenvalue weighted by Gasteiger charge is 2.30. The summed E-state index contributed by atoms with van der Waals surface area (Å²) in [7, 11) is 0. The minimum absolute atomic E-state index is 0.0532. The van der Waals surface area contributed by atoms with E-state index in [9.17, 15) is 14.0 Å². The van der Waals surface area contributed by atoms with Crippen LogP contribution in [-0.4, -0.2) is 63.1 Å². The number of amides is 2. The number of imidazole rings is 1. The van der Waals surface area contributed by atoms with Gasteiger partial charge in [0.25, 0.3) is 0 Å². The van der Waals surface area contributed by atoms with Gasteiger partial charge in [-0.25, -0.2) is 14.2 Å². The predicted molar refractivity (Wildman–Crippen MR) is 114 cm³/mol. The largest absolute Gasteiger partial charge is 0.444 e. The molecule has 0 radical (unpaired) electrons. The molecule has 0 spiro atoms. The Morgan fingerprint density at radius 2 is 1.67 bits per heavy atom. The molecule has 0 bridgehead atoms. The van der Waals surface area contributed by atoms with Crippen LogP contribution < -0.4 is 0 Å². The molecule has 2 heterocycles. The van der Waals surface area contributed by atoms with Gasteiger partial charge < -0.3 is 19.1 Å². The smallest absolute Gasteiger partial charge is 0.410 e. The van der Waals surface area contributed by atoms with Gasteiger partial charge in [0.15, 0.2) is 0 Å². The lowest BCUT2D eigenvalue weighted by atomic mass is 10.1. The van der Waals surface area contributed by atoms with Gasteiger partial charge in [0.05, 0.1) is 6.33 Å². The number of hydrogen-bond donors (Lipinski definition) is 0. The molecular formula is C21H26BrFN4O3.